The first-order valence-electron chi connectivity index (χ1n) is 6.32. The quantitative estimate of drug-likeness (QED) is 0.740. The Hall–Kier alpha value is -1.16. The molecule has 2 aliphatic rings. The monoisotopic (exact) mass is 233 g/mol. The zero-order chi connectivity index (χ0) is 11.9. The van der Waals surface area contributed by atoms with Gasteiger partial charge >= 0.3 is 0 Å². The molecule has 3 rings (SSSR count). The van der Waals surface area contributed by atoms with Crippen LogP contribution in [0.4, 0.5) is 5.95 Å². The van der Waals surface area contributed by atoms with Crippen molar-refractivity contribution in [3.63, 3.8) is 0 Å². The summed E-state index contributed by atoms with van der Waals surface area (Å²) in [5.41, 5.74) is 2.48. The van der Waals surface area contributed by atoms with E-state index in [2.05, 4.69) is 14.9 Å². The fraction of sp³-hybridized carbons (Fsp3) is 0.692. The number of hydrogen-bond donors (Lipinski definition) is 0. The molecule has 0 unspecified atom stereocenters. The minimum atomic E-state index is 0.376. The Morgan fingerprint density at radius 3 is 2.65 bits per heavy atom. The molecule has 0 N–H and O–H groups in total. The summed E-state index contributed by atoms with van der Waals surface area (Å²) in [5, 5.41) is 0. The number of aryl methyl sites for hydroxylation is 2. The van der Waals surface area contributed by atoms with E-state index in [-0.39, 0.29) is 0 Å². The summed E-state index contributed by atoms with van der Waals surface area (Å²) in [7, 11) is 0. The predicted molar refractivity (Wildman–Crippen MR) is 66.2 cm³/mol. The average Bonchev–Trinajstić information content (AvgIpc) is 2.88. The van der Waals surface area contributed by atoms with Crippen LogP contribution in [0.25, 0.3) is 0 Å². The summed E-state index contributed by atoms with van der Waals surface area (Å²) < 4.78 is 5.55. The van der Waals surface area contributed by atoms with Gasteiger partial charge in [-0.25, -0.2) is 9.97 Å². The lowest BCUT2D eigenvalue weighted by Gasteiger charge is -2.22. The summed E-state index contributed by atoms with van der Waals surface area (Å²) in [4.78, 5) is 11.4. The van der Waals surface area contributed by atoms with Crippen molar-refractivity contribution in [3.8, 4) is 0 Å². The first-order valence-corrected chi connectivity index (χ1v) is 6.32. The minimum Gasteiger partial charge on any atom is -0.381 e. The third-order valence-electron chi connectivity index (χ3n) is 3.88. The van der Waals surface area contributed by atoms with Gasteiger partial charge in [0.25, 0.3) is 0 Å². The number of aromatic nitrogens is 2. The van der Waals surface area contributed by atoms with E-state index in [9.17, 15) is 0 Å². The van der Waals surface area contributed by atoms with Crippen molar-refractivity contribution in [1.29, 1.82) is 0 Å². The van der Waals surface area contributed by atoms with Gasteiger partial charge in [-0.1, -0.05) is 0 Å². The van der Waals surface area contributed by atoms with Crippen molar-refractivity contribution in [2.75, 3.05) is 31.2 Å². The van der Waals surface area contributed by atoms with Gasteiger partial charge in [-0.2, -0.15) is 0 Å². The number of hydrogen-bond acceptors (Lipinski definition) is 4. The van der Waals surface area contributed by atoms with Crippen molar-refractivity contribution >= 4 is 5.95 Å². The van der Waals surface area contributed by atoms with Crippen LogP contribution >= 0.6 is 0 Å². The average molecular weight is 233 g/mol. The van der Waals surface area contributed by atoms with Crippen LogP contribution in [0.3, 0.4) is 0 Å². The van der Waals surface area contributed by atoms with Crippen LogP contribution in [-0.4, -0.2) is 36.3 Å². The molecule has 17 heavy (non-hydrogen) atoms. The Kier molecular flexibility index (Phi) is 2.54. The zero-order valence-corrected chi connectivity index (χ0v) is 10.6. The van der Waals surface area contributed by atoms with Crippen molar-refractivity contribution < 1.29 is 4.74 Å². The molecule has 4 nitrogen and oxygen atoms in total. The standard InChI is InChI=1S/C13H19N3O/c1-10-7-11(2)15-12(14-10)16-5-3-13(8-16)4-6-17-9-13/h7H,3-6,8-9H2,1-2H3/t13-/m1/s1. The van der Waals surface area contributed by atoms with Gasteiger partial charge < -0.3 is 9.64 Å². The van der Waals surface area contributed by atoms with Gasteiger partial charge in [0.2, 0.25) is 5.95 Å². The van der Waals surface area contributed by atoms with Gasteiger partial charge in [0.05, 0.1) is 6.61 Å². The zero-order valence-electron chi connectivity index (χ0n) is 10.6. The van der Waals surface area contributed by atoms with Gasteiger partial charge in [0.15, 0.2) is 0 Å². The van der Waals surface area contributed by atoms with Gasteiger partial charge in [-0.05, 0) is 32.8 Å². The van der Waals surface area contributed by atoms with Crippen molar-refractivity contribution in [2.45, 2.75) is 26.7 Å². The second-order valence-electron chi connectivity index (χ2n) is 5.42. The molecule has 2 aliphatic heterocycles. The van der Waals surface area contributed by atoms with E-state index in [1.54, 1.807) is 0 Å². The smallest absolute Gasteiger partial charge is 0.225 e. The highest BCUT2D eigenvalue weighted by Crippen LogP contribution is 2.39. The number of nitrogens with zero attached hydrogens (tertiary/aromatic N) is 3. The van der Waals surface area contributed by atoms with Crippen molar-refractivity contribution in [1.82, 2.24) is 9.97 Å². The maximum absolute atomic E-state index is 5.55. The van der Waals surface area contributed by atoms with E-state index in [1.165, 1.54) is 12.8 Å². The molecule has 2 fully saturated rings. The van der Waals surface area contributed by atoms with Crippen LogP contribution in [0.15, 0.2) is 6.07 Å². The molecule has 3 heterocycles. The predicted octanol–water partition coefficient (Wildman–Crippen LogP) is 1.71. The lowest BCUT2D eigenvalue weighted by atomic mass is 9.87. The topological polar surface area (TPSA) is 38.2 Å². The van der Waals surface area contributed by atoms with E-state index in [0.29, 0.717) is 5.41 Å². The third-order valence-corrected chi connectivity index (χ3v) is 3.88. The molecule has 0 amide bonds. The summed E-state index contributed by atoms with van der Waals surface area (Å²) in [6.45, 7) is 8.00. The molecular formula is C13H19N3O. The molecule has 0 bridgehead atoms. The Labute approximate surface area is 102 Å². The molecule has 1 aromatic heterocycles. The first kappa shape index (κ1) is 11.0. The fourth-order valence-corrected chi connectivity index (χ4v) is 2.93. The molecule has 92 valence electrons. The lowest BCUT2D eigenvalue weighted by Crippen LogP contribution is -2.28. The molecule has 0 aliphatic carbocycles. The van der Waals surface area contributed by atoms with Gasteiger partial charge in [-0.15, -0.1) is 0 Å². The van der Waals surface area contributed by atoms with E-state index in [1.807, 2.05) is 19.9 Å². The molecule has 2 saturated heterocycles. The SMILES string of the molecule is Cc1cc(C)nc(N2CC[C@@]3(CCOC3)C2)n1. The largest absolute Gasteiger partial charge is 0.381 e. The van der Waals surface area contributed by atoms with Crippen LogP contribution in [-0.2, 0) is 4.74 Å². The highest BCUT2D eigenvalue weighted by molar-refractivity contribution is 5.35. The second kappa shape index (κ2) is 3.95. The van der Waals surface area contributed by atoms with Crippen LogP contribution < -0.4 is 4.90 Å². The van der Waals surface area contributed by atoms with Crippen LogP contribution in [0.2, 0.25) is 0 Å². The highest BCUT2D eigenvalue weighted by atomic mass is 16.5. The maximum Gasteiger partial charge on any atom is 0.225 e. The molecular weight excluding hydrogens is 214 g/mol. The normalized spacial score (nSPS) is 28.2. The highest BCUT2D eigenvalue weighted by Gasteiger charge is 2.42. The molecule has 0 aromatic carbocycles. The third kappa shape index (κ3) is 2.02. The van der Waals surface area contributed by atoms with E-state index in [4.69, 9.17) is 4.74 Å². The Morgan fingerprint density at radius 2 is 2.00 bits per heavy atom. The molecule has 1 aromatic rings. The van der Waals surface area contributed by atoms with Crippen LogP contribution in [0.5, 0.6) is 0 Å². The Bertz CT molecular complexity index is 406. The van der Waals surface area contributed by atoms with E-state index >= 15 is 0 Å². The second-order valence-corrected chi connectivity index (χ2v) is 5.42. The van der Waals surface area contributed by atoms with Crippen LogP contribution in [0.1, 0.15) is 24.2 Å². The summed E-state index contributed by atoms with van der Waals surface area (Å²) in [6, 6.07) is 2.02. The van der Waals surface area contributed by atoms with Crippen LogP contribution in [0, 0.1) is 19.3 Å². The summed E-state index contributed by atoms with van der Waals surface area (Å²) in [5.74, 6) is 0.895. The van der Waals surface area contributed by atoms with Gasteiger partial charge in [0.1, 0.15) is 0 Å². The number of rotatable bonds is 1. The molecule has 0 radical (unpaired) electrons. The lowest BCUT2D eigenvalue weighted by molar-refractivity contribution is 0.160. The van der Waals surface area contributed by atoms with Crippen molar-refractivity contribution in [3.05, 3.63) is 17.5 Å². The summed E-state index contributed by atoms with van der Waals surface area (Å²) in [6.07, 6.45) is 2.40. The minimum absolute atomic E-state index is 0.376. The molecule has 1 spiro atoms. The van der Waals surface area contributed by atoms with E-state index < -0.39 is 0 Å². The van der Waals surface area contributed by atoms with E-state index in [0.717, 1.165) is 43.6 Å². The fourth-order valence-electron chi connectivity index (χ4n) is 2.93. The number of anilines is 1. The van der Waals surface area contributed by atoms with Gasteiger partial charge in [-0.3, -0.25) is 0 Å². The summed E-state index contributed by atoms with van der Waals surface area (Å²) >= 11 is 0. The molecule has 4 heteroatoms. The Balaban J connectivity index is 1.81. The Morgan fingerprint density at radius 1 is 1.24 bits per heavy atom. The first-order chi connectivity index (χ1) is 8.17. The van der Waals surface area contributed by atoms with Crippen molar-refractivity contribution in [2.24, 2.45) is 5.41 Å². The maximum atomic E-state index is 5.55. The molecule has 0 saturated carbocycles. The molecule has 1 atom stereocenters. The van der Waals surface area contributed by atoms with Gasteiger partial charge in [0, 0.05) is 36.5 Å². The number of ether oxygens (including phenoxy) is 1.